The maximum Gasteiger partial charge on any atom is 0.417 e. The Kier molecular flexibility index (Phi) is 5.43. The van der Waals surface area contributed by atoms with Crippen molar-refractivity contribution in [3.05, 3.63) is 83.9 Å². The Labute approximate surface area is 190 Å². The second-order valence-electron chi connectivity index (χ2n) is 9.13. The zero-order chi connectivity index (χ0) is 23.1. The van der Waals surface area contributed by atoms with E-state index in [0.717, 1.165) is 42.7 Å². The molecule has 1 amide bonds. The van der Waals surface area contributed by atoms with Gasteiger partial charge in [-0.2, -0.15) is 13.2 Å². The predicted octanol–water partition coefficient (Wildman–Crippen LogP) is 5.79. The van der Waals surface area contributed by atoms with Gasteiger partial charge in [0, 0.05) is 36.2 Å². The summed E-state index contributed by atoms with van der Waals surface area (Å²) in [5.74, 6) is -0.0800. The summed E-state index contributed by atoms with van der Waals surface area (Å²) in [5, 5.41) is 0. The molecule has 2 aliphatic rings. The van der Waals surface area contributed by atoms with Crippen LogP contribution in [0.1, 0.15) is 47.4 Å². The predicted molar refractivity (Wildman–Crippen MR) is 118 cm³/mol. The zero-order valence-electron chi connectivity index (χ0n) is 18.1. The number of rotatable bonds is 5. The number of likely N-dealkylation sites (tertiary alicyclic amines) is 1. The highest BCUT2D eigenvalue weighted by Crippen LogP contribution is 2.55. The van der Waals surface area contributed by atoms with Gasteiger partial charge in [-0.25, -0.2) is 0 Å². The monoisotopic (exact) mass is 451 g/mol. The van der Waals surface area contributed by atoms with Gasteiger partial charge in [0.1, 0.15) is 5.69 Å². The average molecular weight is 451 g/mol. The normalized spacial score (nSPS) is 19.1. The van der Waals surface area contributed by atoms with Gasteiger partial charge < -0.3 is 4.90 Å². The summed E-state index contributed by atoms with van der Waals surface area (Å²) in [4.78, 5) is 24.0. The summed E-state index contributed by atoms with van der Waals surface area (Å²) in [5.41, 5.74) is 2.25. The molecule has 2 aromatic heterocycles. The summed E-state index contributed by atoms with van der Waals surface area (Å²) in [6.07, 6.45) is 2.47. The summed E-state index contributed by atoms with van der Waals surface area (Å²) in [7, 11) is 0. The molecule has 1 aliphatic carbocycles. The van der Waals surface area contributed by atoms with Crippen LogP contribution in [0.5, 0.6) is 0 Å². The van der Waals surface area contributed by atoms with Crippen LogP contribution in [0, 0.1) is 5.41 Å². The van der Waals surface area contributed by atoms with Crippen molar-refractivity contribution in [2.24, 2.45) is 5.41 Å². The topological polar surface area (TPSA) is 46.1 Å². The summed E-state index contributed by atoms with van der Waals surface area (Å²) in [6.45, 7) is 0.710. The highest BCUT2D eigenvalue weighted by atomic mass is 19.4. The zero-order valence-corrected chi connectivity index (χ0v) is 18.1. The van der Waals surface area contributed by atoms with Gasteiger partial charge in [-0.1, -0.05) is 36.4 Å². The van der Waals surface area contributed by atoms with Gasteiger partial charge >= 0.3 is 6.18 Å². The summed E-state index contributed by atoms with van der Waals surface area (Å²) >= 11 is 0. The average Bonchev–Trinajstić information content (AvgIpc) is 3.48. The van der Waals surface area contributed by atoms with E-state index in [1.54, 1.807) is 6.20 Å². The molecule has 0 bridgehead atoms. The smallest absolute Gasteiger partial charge is 0.334 e. The van der Waals surface area contributed by atoms with Crippen LogP contribution < -0.4 is 0 Å². The van der Waals surface area contributed by atoms with Crippen LogP contribution in [-0.2, 0) is 12.6 Å². The molecule has 0 unspecified atom stereocenters. The van der Waals surface area contributed by atoms with Crippen LogP contribution in [0.2, 0.25) is 0 Å². The van der Waals surface area contributed by atoms with E-state index in [9.17, 15) is 18.0 Å². The van der Waals surface area contributed by atoms with Gasteiger partial charge in [0.2, 0.25) is 0 Å². The molecular formula is C26H24F3N3O. The molecule has 5 rings (SSSR count). The van der Waals surface area contributed by atoms with Crippen molar-refractivity contribution in [1.82, 2.24) is 14.9 Å². The Morgan fingerprint density at radius 1 is 1.03 bits per heavy atom. The first-order valence-corrected chi connectivity index (χ1v) is 11.2. The molecule has 0 radical (unpaired) electrons. The highest BCUT2D eigenvalue weighted by molar-refractivity contribution is 5.99. The minimum Gasteiger partial charge on any atom is -0.334 e. The van der Waals surface area contributed by atoms with Crippen molar-refractivity contribution in [3.8, 4) is 11.1 Å². The van der Waals surface area contributed by atoms with Crippen molar-refractivity contribution < 1.29 is 18.0 Å². The lowest BCUT2D eigenvalue weighted by Crippen LogP contribution is -2.37. The van der Waals surface area contributed by atoms with Gasteiger partial charge in [0.25, 0.3) is 5.91 Å². The number of aromatic nitrogens is 2. The van der Waals surface area contributed by atoms with E-state index in [-0.39, 0.29) is 17.4 Å². The number of benzene rings is 1. The number of nitrogens with zero attached hydrogens (tertiary/aromatic N) is 3. The molecule has 1 spiro atoms. The Bertz CT molecular complexity index is 1140. The molecule has 0 N–H and O–H groups in total. The minimum absolute atomic E-state index is 0.0229. The fourth-order valence-electron chi connectivity index (χ4n) is 4.82. The number of aryl methyl sites for hydroxylation is 1. The number of hydrogen-bond acceptors (Lipinski definition) is 3. The SMILES string of the molecule is O=C(c1ncccc1-c1ccccc1)N1CC2(CC2)C[C@H]1CCc1ccc(C(F)(F)F)cn1. The number of halogens is 3. The second-order valence-corrected chi connectivity index (χ2v) is 9.13. The molecule has 33 heavy (non-hydrogen) atoms. The molecule has 170 valence electrons. The third-order valence-electron chi connectivity index (χ3n) is 6.81. The second kappa shape index (κ2) is 8.28. The quantitative estimate of drug-likeness (QED) is 0.493. The first-order chi connectivity index (χ1) is 15.8. The van der Waals surface area contributed by atoms with Crippen molar-refractivity contribution in [2.75, 3.05) is 6.54 Å². The number of pyridine rings is 2. The summed E-state index contributed by atoms with van der Waals surface area (Å²) < 4.78 is 38.4. The minimum atomic E-state index is -4.39. The molecular weight excluding hydrogens is 427 g/mol. The highest BCUT2D eigenvalue weighted by Gasteiger charge is 2.53. The van der Waals surface area contributed by atoms with Crippen LogP contribution in [0.3, 0.4) is 0 Å². The summed E-state index contributed by atoms with van der Waals surface area (Å²) in [6, 6.07) is 16.0. The lowest BCUT2D eigenvalue weighted by molar-refractivity contribution is -0.137. The lowest BCUT2D eigenvalue weighted by Gasteiger charge is -2.25. The standard InChI is InChI=1S/C26H24F3N3O/c27-26(28,29)19-8-9-20(31-16-19)10-11-21-15-25(12-13-25)17-32(21)24(33)23-22(7-4-14-30-23)18-5-2-1-3-6-18/h1-9,14,16,21H,10-13,15,17H2/t21-/m1/s1. The first-order valence-electron chi connectivity index (χ1n) is 11.2. The molecule has 3 heterocycles. The van der Waals surface area contributed by atoms with E-state index in [2.05, 4.69) is 9.97 Å². The molecule has 1 aliphatic heterocycles. The van der Waals surface area contributed by atoms with E-state index in [1.165, 1.54) is 6.07 Å². The largest absolute Gasteiger partial charge is 0.417 e. The Morgan fingerprint density at radius 3 is 2.48 bits per heavy atom. The van der Waals surface area contributed by atoms with Gasteiger partial charge in [-0.05, 0) is 61.3 Å². The fourth-order valence-corrected chi connectivity index (χ4v) is 4.82. The van der Waals surface area contributed by atoms with Gasteiger partial charge in [-0.15, -0.1) is 0 Å². The van der Waals surface area contributed by atoms with Crippen molar-refractivity contribution >= 4 is 5.91 Å². The van der Waals surface area contributed by atoms with E-state index < -0.39 is 11.7 Å². The molecule has 1 saturated heterocycles. The van der Waals surface area contributed by atoms with E-state index >= 15 is 0 Å². The number of hydrogen-bond donors (Lipinski definition) is 0. The van der Waals surface area contributed by atoms with E-state index in [1.807, 2.05) is 47.4 Å². The van der Waals surface area contributed by atoms with E-state index in [4.69, 9.17) is 0 Å². The van der Waals surface area contributed by atoms with Crippen LogP contribution in [-0.4, -0.2) is 33.4 Å². The number of carbonyl (C=O) groups excluding carboxylic acids is 1. The van der Waals surface area contributed by atoms with Crippen molar-refractivity contribution in [1.29, 1.82) is 0 Å². The number of amides is 1. The Balaban J connectivity index is 1.35. The third-order valence-corrected chi connectivity index (χ3v) is 6.81. The van der Waals surface area contributed by atoms with E-state index in [0.29, 0.717) is 30.8 Å². The molecule has 1 saturated carbocycles. The molecule has 2 fully saturated rings. The maximum atomic E-state index is 13.7. The van der Waals surface area contributed by atoms with Crippen LogP contribution >= 0.6 is 0 Å². The Morgan fingerprint density at radius 2 is 1.82 bits per heavy atom. The van der Waals surface area contributed by atoms with Crippen molar-refractivity contribution in [3.63, 3.8) is 0 Å². The van der Waals surface area contributed by atoms with Gasteiger partial charge in [0.15, 0.2) is 0 Å². The fraction of sp³-hybridized carbons (Fsp3) is 0.346. The van der Waals surface area contributed by atoms with Gasteiger partial charge in [-0.3, -0.25) is 14.8 Å². The first kappa shape index (κ1) is 21.6. The van der Waals surface area contributed by atoms with Crippen LogP contribution in [0.15, 0.2) is 67.0 Å². The van der Waals surface area contributed by atoms with Crippen LogP contribution in [0.4, 0.5) is 13.2 Å². The maximum absolute atomic E-state index is 13.7. The molecule has 4 nitrogen and oxygen atoms in total. The molecule has 1 atom stereocenters. The number of alkyl halides is 3. The Hall–Kier alpha value is -3.22. The lowest BCUT2D eigenvalue weighted by atomic mass is 9.99. The third kappa shape index (κ3) is 4.49. The van der Waals surface area contributed by atoms with Crippen LogP contribution in [0.25, 0.3) is 11.1 Å². The van der Waals surface area contributed by atoms with Gasteiger partial charge in [0.05, 0.1) is 5.56 Å². The molecule has 3 aromatic rings. The number of carbonyl (C=O) groups is 1. The molecule has 1 aromatic carbocycles. The molecule has 7 heteroatoms. The van der Waals surface area contributed by atoms with Crippen molar-refractivity contribution in [2.45, 2.75) is 44.3 Å².